The first-order valence-electron chi connectivity index (χ1n) is 12.2. The number of nitrogens with one attached hydrogen (secondary N) is 1. The Morgan fingerprint density at radius 3 is 2.71 bits per heavy atom. The van der Waals surface area contributed by atoms with Crippen LogP contribution in [0.3, 0.4) is 0 Å². The summed E-state index contributed by atoms with van der Waals surface area (Å²) in [5.41, 5.74) is 5.96. The molecule has 8 nitrogen and oxygen atoms in total. The van der Waals surface area contributed by atoms with Crippen LogP contribution >= 0.6 is 0 Å². The first-order chi connectivity index (χ1) is 18.4. The van der Waals surface area contributed by atoms with Crippen LogP contribution in [0, 0.1) is 11.8 Å². The lowest BCUT2D eigenvalue weighted by molar-refractivity contribution is 0.305. The topological polar surface area (TPSA) is 98.8 Å². The molecule has 0 saturated carbocycles. The Morgan fingerprint density at radius 1 is 1.08 bits per heavy atom. The number of pyridine rings is 1. The summed E-state index contributed by atoms with van der Waals surface area (Å²) in [5, 5.41) is 3.86. The molecule has 1 aliphatic rings. The minimum absolute atomic E-state index is 0.213. The third kappa shape index (κ3) is 4.17. The SMILES string of the molecule is CCCc1nc2nc(F)ccc2n1Cc1ccc2c(c1)COc1cc(F)ccc1C2=C(C)c1noc(=O)[nH]1. The Morgan fingerprint density at radius 2 is 1.92 bits per heavy atom. The number of halogens is 2. The highest BCUT2D eigenvalue weighted by atomic mass is 19.1. The fraction of sp³-hybridized carbons (Fsp3) is 0.214. The van der Waals surface area contributed by atoms with Crippen LogP contribution in [0.1, 0.15) is 54.2 Å². The molecule has 0 aliphatic carbocycles. The molecule has 2 aromatic carbocycles. The maximum Gasteiger partial charge on any atom is 0.439 e. The molecule has 0 radical (unpaired) electrons. The van der Waals surface area contributed by atoms with Gasteiger partial charge >= 0.3 is 5.76 Å². The number of rotatable bonds is 5. The molecule has 0 bridgehead atoms. The van der Waals surface area contributed by atoms with Gasteiger partial charge < -0.3 is 9.30 Å². The van der Waals surface area contributed by atoms with E-state index in [0.29, 0.717) is 29.1 Å². The number of H-pyrrole nitrogens is 1. The van der Waals surface area contributed by atoms with Crippen LogP contribution in [0.25, 0.3) is 22.3 Å². The molecule has 0 atom stereocenters. The Labute approximate surface area is 215 Å². The molecule has 5 aromatic rings. The predicted molar refractivity (Wildman–Crippen MR) is 136 cm³/mol. The van der Waals surface area contributed by atoms with E-state index in [4.69, 9.17) is 9.26 Å². The normalized spacial score (nSPS) is 14.1. The summed E-state index contributed by atoms with van der Waals surface area (Å²) in [7, 11) is 0. The van der Waals surface area contributed by atoms with Gasteiger partial charge in [0.1, 0.15) is 24.0 Å². The van der Waals surface area contributed by atoms with Crippen molar-refractivity contribution in [3.63, 3.8) is 0 Å². The number of aryl methyl sites for hydroxylation is 1. The van der Waals surface area contributed by atoms with Crippen molar-refractivity contribution in [2.24, 2.45) is 0 Å². The zero-order chi connectivity index (χ0) is 26.4. The van der Waals surface area contributed by atoms with Crippen LogP contribution in [-0.4, -0.2) is 24.7 Å². The third-order valence-electron chi connectivity index (χ3n) is 6.68. The number of aromatic amines is 1. The van der Waals surface area contributed by atoms with Crippen molar-refractivity contribution >= 4 is 22.3 Å². The minimum Gasteiger partial charge on any atom is -0.488 e. The smallest absolute Gasteiger partial charge is 0.439 e. The van der Waals surface area contributed by atoms with Crippen molar-refractivity contribution in [3.05, 3.63) is 105 Å². The Bertz CT molecular complexity index is 1780. The fourth-order valence-electron chi connectivity index (χ4n) is 4.95. The molecule has 3 aromatic heterocycles. The second-order valence-corrected chi connectivity index (χ2v) is 9.21. The maximum atomic E-state index is 14.1. The largest absolute Gasteiger partial charge is 0.488 e. The summed E-state index contributed by atoms with van der Waals surface area (Å²) in [5.74, 6) is -0.132. The quantitative estimate of drug-likeness (QED) is 0.321. The number of imidazole rings is 1. The van der Waals surface area contributed by atoms with Crippen LogP contribution in [0.2, 0.25) is 0 Å². The molecule has 6 rings (SSSR count). The first kappa shape index (κ1) is 23.8. The number of hydrogen-bond donors (Lipinski definition) is 1. The van der Waals surface area contributed by atoms with Crippen LogP contribution in [0.4, 0.5) is 8.78 Å². The Kier molecular flexibility index (Phi) is 5.86. The summed E-state index contributed by atoms with van der Waals surface area (Å²) in [6, 6.07) is 13.4. The van der Waals surface area contributed by atoms with Gasteiger partial charge in [-0.15, -0.1) is 0 Å². The lowest BCUT2D eigenvalue weighted by Crippen LogP contribution is -2.07. The monoisotopic (exact) mass is 515 g/mol. The summed E-state index contributed by atoms with van der Waals surface area (Å²) in [6.45, 7) is 4.60. The van der Waals surface area contributed by atoms with E-state index in [1.807, 2.05) is 25.1 Å². The summed E-state index contributed by atoms with van der Waals surface area (Å²) >= 11 is 0. The summed E-state index contributed by atoms with van der Waals surface area (Å²) in [6.07, 6.45) is 1.62. The molecule has 38 heavy (non-hydrogen) atoms. The van der Waals surface area contributed by atoms with E-state index in [1.54, 1.807) is 12.1 Å². The van der Waals surface area contributed by atoms with Gasteiger partial charge in [0, 0.05) is 30.2 Å². The fourth-order valence-corrected chi connectivity index (χ4v) is 4.95. The third-order valence-corrected chi connectivity index (χ3v) is 6.68. The second-order valence-electron chi connectivity index (χ2n) is 9.21. The van der Waals surface area contributed by atoms with E-state index in [9.17, 15) is 13.6 Å². The van der Waals surface area contributed by atoms with Crippen molar-refractivity contribution in [1.82, 2.24) is 24.7 Å². The highest BCUT2D eigenvalue weighted by molar-refractivity contribution is 5.99. The van der Waals surface area contributed by atoms with Crippen LogP contribution < -0.4 is 10.5 Å². The standard InChI is InChI=1S/C28H23F2N5O3/c1-3-4-24-32-27-21(9-10-23(30)31-27)35(24)13-16-5-7-19-17(11-16)14-37-22-12-18(29)6-8-20(22)25(19)15(2)26-33-28(36)38-34-26/h5-12H,3-4,13-14H2,1-2H3,(H,33,34,36). The van der Waals surface area contributed by atoms with E-state index in [2.05, 4.69) is 31.6 Å². The molecule has 0 saturated heterocycles. The van der Waals surface area contributed by atoms with Crippen LogP contribution in [-0.2, 0) is 19.6 Å². The molecule has 10 heteroatoms. The van der Waals surface area contributed by atoms with Gasteiger partial charge in [0.15, 0.2) is 11.5 Å². The predicted octanol–water partition coefficient (Wildman–Crippen LogP) is 5.26. The Balaban J connectivity index is 1.48. The van der Waals surface area contributed by atoms with Crippen molar-refractivity contribution in [1.29, 1.82) is 0 Å². The number of hydrogen-bond acceptors (Lipinski definition) is 6. The molecule has 0 amide bonds. The van der Waals surface area contributed by atoms with E-state index >= 15 is 0 Å². The van der Waals surface area contributed by atoms with Gasteiger partial charge in [0.05, 0.1) is 5.52 Å². The van der Waals surface area contributed by atoms with Crippen molar-refractivity contribution < 1.29 is 18.0 Å². The van der Waals surface area contributed by atoms with E-state index in [1.165, 1.54) is 18.2 Å². The van der Waals surface area contributed by atoms with E-state index in [0.717, 1.165) is 46.4 Å². The zero-order valence-electron chi connectivity index (χ0n) is 20.7. The first-order valence-corrected chi connectivity index (χ1v) is 12.2. The second kappa shape index (κ2) is 9.37. The number of nitrogens with zero attached hydrogens (tertiary/aromatic N) is 4. The summed E-state index contributed by atoms with van der Waals surface area (Å²) < 4.78 is 40.7. The van der Waals surface area contributed by atoms with Gasteiger partial charge in [-0.1, -0.05) is 24.2 Å². The maximum absolute atomic E-state index is 14.1. The van der Waals surface area contributed by atoms with Gasteiger partial charge in [0.25, 0.3) is 0 Å². The molecule has 1 aliphatic heterocycles. The van der Waals surface area contributed by atoms with Crippen molar-refractivity contribution in [2.75, 3.05) is 0 Å². The minimum atomic E-state index is -0.662. The van der Waals surface area contributed by atoms with E-state index < -0.39 is 17.5 Å². The zero-order valence-corrected chi connectivity index (χ0v) is 20.7. The lowest BCUT2D eigenvalue weighted by atomic mass is 9.89. The highest BCUT2D eigenvalue weighted by Gasteiger charge is 2.24. The van der Waals surface area contributed by atoms with Crippen molar-refractivity contribution in [3.8, 4) is 5.75 Å². The molecular formula is C28H23F2N5O3. The number of aromatic nitrogens is 5. The Hall–Kier alpha value is -4.60. The average Bonchev–Trinajstić information content (AvgIpc) is 3.43. The van der Waals surface area contributed by atoms with Gasteiger partial charge in [-0.2, -0.15) is 9.37 Å². The van der Waals surface area contributed by atoms with Gasteiger partial charge in [-0.25, -0.2) is 14.2 Å². The number of benzene rings is 2. The molecule has 192 valence electrons. The number of ether oxygens (including phenoxy) is 1. The summed E-state index contributed by atoms with van der Waals surface area (Å²) in [4.78, 5) is 22.8. The highest BCUT2D eigenvalue weighted by Crippen LogP contribution is 2.41. The van der Waals surface area contributed by atoms with Gasteiger partial charge in [0.2, 0.25) is 5.95 Å². The molecule has 0 unspecified atom stereocenters. The molecule has 1 N–H and O–H groups in total. The number of allylic oxidation sites excluding steroid dienone is 1. The molecule has 0 fully saturated rings. The van der Waals surface area contributed by atoms with Crippen molar-refractivity contribution in [2.45, 2.75) is 39.8 Å². The number of fused-ring (bicyclic) bond motifs is 3. The molecule has 0 spiro atoms. The lowest BCUT2D eigenvalue weighted by Gasteiger charge is -2.15. The average molecular weight is 516 g/mol. The van der Waals surface area contributed by atoms with E-state index in [-0.39, 0.29) is 12.4 Å². The van der Waals surface area contributed by atoms with Gasteiger partial charge in [-0.05, 0) is 65.9 Å². The van der Waals surface area contributed by atoms with Crippen LogP contribution in [0.5, 0.6) is 5.75 Å². The molecular weight excluding hydrogens is 492 g/mol. The molecule has 4 heterocycles. The van der Waals surface area contributed by atoms with Gasteiger partial charge in [-0.3, -0.25) is 9.51 Å². The van der Waals surface area contributed by atoms with Crippen LogP contribution in [0.15, 0.2) is 57.8 Å².